The number of nitrogens with one attached hydrogen (secondary N) is 1. The number of unbranched alkanes of at least 4 members (excludes halogenated alkanes) is 12. The number of aldehydes is 1. The van der Waals surface area contributed by atoms with Gasteiger partial charge in [0.15, 0.2) is 0 Å². The van der Waals surface area contributed by atoms with E-state index >= 15 is 0 Å². The van der Waals surface area contributed by atoms with Crippen LogP contribution in [0.4, 0.5) is 0 Å². The maximum Gasteiger partial charge on any atom is 0.133 e. The zero-order valence-electron chi connectivity index (χ0n) is 28.5. The molecule has 0 aliphatic rings. The Morgan fingerprint density at radius 1 is 0.732 bits per heavy atom. The molecule has 41 heavy (non-hydrogen) atoms. The number of nitrogens with zero attached hydrogens (tertiary/aromatic N) is 1. The zero-order valence-corrected chi connectivity index (χ0v) is 29.3. The van der Waals surface area contributed by atoms with Crippen molar-refractivity contribution < 1.29 is 24.3 Å². The number of methoxy groups -OCH3 is 1. The lowest BCUT2D eigenvalue weighted by molar-refractivity contribution is -0.107. The van der Waals surface area contributed by atoms with Crippen molar-refractivity contribution in [1.82, 2.24) is 9.62 Å². The van der Waals surface area contributed by atoms with Crippen LogP contribution >= 0.6 is 12.2 Å². The van der Waals surface area contributed by atoms with E-state index in [0.29, 0.717) is 31.4 Å². The van der Waals surface area contributed by atoms with Gasteiger partial charge in [0.05, 0.1) is 37.6 Å². The minimum Gasteiger partial charge on any atom is -0.395 e. The molecule has 0 fully saturated rings. The predicted octanol–water partition coefficient (Wildman–Crippen LogP) is 8.67. The lowest BCUT2D eigenvalue weighted by Gasteiger charge is -2.14. The average Bonchev–Trinajstić information content (AvgIpc) is 2.98. The molecule has 0 unspecified atom stereocenters. The summed E-state index contributed by atoms with van der Waals surface area (Å²) in [4.78, 5) is 9.54. The van der Waals surface area contributed by atoms with Gasteiger partial charge in [0.2, 0.25) is 0 Å². The second kappa shape index (κ2) is 46.7. The molecule has 0 aromatic rings. The third-order valence-corrected chi connectivity index (χ3v) is 6.88. The SMILES string of the molecule is CCCCCCC(CCCCCC)OC.CCCCCCC(O)CCCCCC.CN(C)SO.O=CCNCCO. The lowest BCUT2D eigenvalue weighted by Crippen LogP contribution is -2.19. The first-order chi connectivity index (χ1) is 19.8. The maximum atomic E-state index is 9.65. The van der Waals surface area contributed by atoms with E-state index in [2.05, 4.69) is 33.0 Å². The Morgan fingerprint density at radius 3 is 1.37 bits per heavy atom. The van der Waals surface area contributed by atoms with E-state index in [1.165, 1.54) is 116 Å². The number of hydrogen-bond acceptors (Lipinski definition) is 8. The van der Waals surface area contributed by atoms with Crippen molar-refractivity contribution in [1.29, 1.82) is 0 Å². The smallest absolute Gasteiger partial charge is 0.133 e. The van der Waals surface area contributed by atoms with Gasteiger partial charge in [-0.25, -0.2) is 4.31 Å². The van der Waals surface area contributed by atoms with Crippen LogP contribution in [0.15, 0.2) is 0 Å². The molecule has 8 heteroatoms. The van der Waals surface area contributed by atoms with Crippen LogP contribution in [0.1, 0.15) is 156 Å². The fourth-order valence-electron chi connectivity index (χ4n) is 3.98. The summed E-state index contributed by atoms with van der Waals surface area (Å²) >= 11 is 0.713. The van der Waals surface area contributed by atoms with Gasteiger partial charge in [0.25, 0.3) is 0 Å². The zero-order chi connectivity index (χ0) is 31.8. The van der Waals surface area contributed by atoms with Gasteiger partial charge in [0, 0.05) is 13.7 Å². The van der Waals surface area contributed by atoms with Crippen LogP contribution in [0.3, 0.4) is 0 Å². The Kier molecular flexibility index (Phi) is 54.4. The Bertz CT molecular complexity index is 410. The van der Waals surface area contributed by atoms with Gasteiger partial charge in [-0.1, -0.05) is 130 Å². The molecule has 0 saturated heterocycles. The summed E-state index contributed by atoms with van der Waals surface area (Å²) in [6, 6.07) is 0. The van der Waals surface area contributed by atoms with Crippen LogP contribution in [0, 0.1) is 0 Å². The van der Waals surface area contributed by atoms with Crippen LogP contribution in [0.2, 0.25) is 0 Å². The molecule has 0 aromatic heterocycles. The van der Waals surface area contributed by atoms with Crippen molar-refractivity contribution in [3.05, 3.63) is 0 Å². The minimum atomic E-state index is -0.0243. The summed E-state index contributed by atoms with van der Waals surface area (Å²) in [7, 11) is 5.40. The molecule has 0 spiro atoms. The van der Waals surface area contributed by atoms with E-state index in [1.54, 1.807) is 18.4 Å². The van der Waals surface area contributed by atoms with Crippen molar-refractivity contribution in [2.24, 2.45) is 0 Å². The highest BCUT2D eigenvalue weighted by atomic mass is 32.2. The van der Waals surface area contributed by atoms with Crippen LogP contribution in [-0.2, 0) is 9.53 Å². The van der Waals surface area contributed by atoms with Crippen molar-refractivity contribution in [3.63, 3.8) is 0 Å². The molecule has 0 saturated carbocycles. The largest absolute Gasteiger partial charge is 0.395 e. The molecule has 0 aromatic carbocycles. The van der Waals surface area contributed by atoms with Crippen molar-refractivity contribution in [3.8, 4) is 0 Å². The molecule has 0 radical (unpaired) electrons. The van der Waals surface area contributed by atoms with E-state index < -0.39 is 0 Å². The van der Waals surface area contributed by atoms with Crippen molar-refractivity contribution in [2.75, 3.05) is 40.9 Å². The minimum absolute atomic E-state index is 0.0243. The summed E-state index contributed by atoms with van der Waals surface area (Å²) in [5.41, 5.74) is 0. The topological polar surface area (TPSA) is 102 Å². The van der Waals surface area contributed by atoms with Gasteiger partial charge in [0.1, 0.15) is 6.29 Å². The molecule has 0 atom stereocenters. The average molecular weight is 611 g/mol. The van der Waals surface area contributed by atoms with Crippen molar-refractivity contribution in [2.45, 2.75) is 168 Å². The quantitative estimate of drug-likeness (QED) is 0.0334. The fraction of sp³-hybridized carbons (Fsp3) is 0.970. The number of ether oxygens (including phenoxy) is 1. The van der Waals surface area contributed by atoms with E-state index in [1.807, 2.05) is 7.11 Å². The number of carbonyl (C=O) groups is 1. The van der Waals surface area contributed by atoms with Gasteiger partial charge in [-0.05, 0) is 39.8 Å². The fourth-order valence-corrected chi connectivity index (χ4v) is 3.98. The van der Waals surface area contributed by atoms with Crippen LogP contribution in [-0.4, -0.2) is 78.5 Å². The maximum absolute atomic E-state index is 9.65. The van der Waals surface area contributed by atoms with E-state index in [9.17, 15) is 9.90 Å². The third kappa shape index (κ3) is 56.2. The molecule has 0 aliphatic carbocycles. The highest BCUT2D eigenvalue weighted by Crippen LogP contribution is 2.14. The second-order valence-electron chi connectivity index (χ2n) is 10.9. The first-order valence-electron chi connectivity index (χ1n) is 16.8. The van der Waals surface area contributed by atoms with Gasteiger partial charge in [-0.3, -0.25) is 0 Å². The summed E-state index contributed by atoms with van der Waals surface area (Å²) in [6.45, 7) is 9.90. The lowest BCUT2D eigenvalue weighted by atomic mass is 10.0. The summed E-state index contributed by atoms with van der Waals surface area (Å²) in [5, 5.41) is 20.4. The number of rotatable bonds is 26. The molecule has 252 valence electrons. The van der Waals surface area contributed by atoms with Crippen LogP contribution in [0.5, 0.6) is 0 Å². The van der Waals surface area contributed by atoms with E-state index in [-0.39, 0.29) is 12.7 Å². The Balaban J connectivity index is -0.000000242. The Labute approximate surface area is 261 Å². The normalized spacial score (nSPS) is 10.6. The summed E-state index contributed by atoms with van der Waals surface area (Å²) < 4.78 is 15.1. The summed E-state index contributed by atoms with van der Waals surface area (Å²) in [5.74, 6) is 0. The molecule has 0 rings (SSSR count). The molecule has 4 N–H and O–H groups in total. The molecule has 7 nitrogen and oxygen atoms in total. The summed E-state index contributed by atoms with van der Waals surface area (Å²) in [6.07, 6.45) is 26.9. The molecule has 0 aliphatic heterocycles. The van der Waals surface area contributed by atoms with Crippen LogP contribution < -0.4 is 5.32 Å². The third-order valence-electron chi connectivity index (χ3n) is 6.55. The number of hydrogen-bond donors (Lipinski definition) is 4. The molecular formula is C33H74N2O5S. The first-order valence-corrected chi connectivity index (χ1v) is 17.5. The highest BCUT2D eigenvalue weighted by Gasteiger charge is 2.06. The highest BCUT2D eigenvalue weighted by molar-refractivity contribution is 7.91. The standard InChI is InChI=1S/C14H30O.C13H28O.C4H9NO2.C2H7NOS/c1-4-6-8-10-12-14(15-3)13-11-9-7-5-2;1-3-5-7-9-11-13(14)12-10-8-6-4-2;6-3-1-5-2-4-7;1-3(2)5-4/h14H,4-13H2,1-3H3;13-14H,3-12H2,1-2H3;3,5,7H,1-2,4H2;4H,1-2H3. The number of carbonyl (C=O) groups excluding carboxylic acids is 1. The van der Waals surface area contributed by atoms with Gasteiger partial charge in [-0.15, -0.1) is 0 Å². The molecule has 0 heterocycles. The number of aliphatic hydroxyl groups is 2. The van der Waals surface area contributed by atoms with Gasteiger partial charge in [-0.2, -0.15) is 0 Å². The Hall–Kier alpha value is -0.220. The van der Waals surface area contributed by atoms with Crippen molar-refractivity contribution >= 4 is 18.5 Å². The van der Waals surface area contributed by atoms with Gasteiger partial charge < -0.3 is 29.6 Å². The number of aliphatic hydroxyl groups excluding tert-OH is 2. The Morgan fingerprint density at radius 2 is 1.10 bits per heavy atom. The van der Waals surface area contributed by atoms with E-state index in [4.69, 9.17) is 14.4 Å². The predicted molar refractivity (Wildman–Crippen MR) is 182 cm³/mol. The first kappa shape index (κ1) is 47.7. The second-order valence-corrected chi connectivity index (χ2v) is 11.8. The monoisotopic (exact) mass is 611 g/mol. The molecular weight excluding hydrogens is 536 g/mol. The van der Waals surface area contributed by atoms with Gasteiger partial charge >= 0.3 is 0 Å². The molecule has 0 bridgehead atoms. The molecule has 0 amide bonds. The van der Waals surface area contributed by atoms with E-state index in [0.717, 1.165) is 19.1 Å². The van der Waals surface area contributed by atoms with Crippen LogP contribution in [0.25, 0.3) is 0 Å².